The van der Waals surface area contributed by atoms with Gasteiger partial charge in [0.15, 0.2) is 0 Å². The van der Waals surface area contributed by atoms with E-state index in [0.29, 0.717) is 9.93 Å². The average molecular weight is 324 g/mol. The maximum absolute atomic E-state index is 11.8. The Morgan fingerprint density at radius 2 is 1.95 bits per heavy atom. The summed E-state index contributed by atoms with van der Waals surface area (Å²) < 4.78 is 14.2. The predicted octanol–water partition coefficient (Wildman–Crippen LogP) is 2.85. The molecule has 0 aromatic heterocycles. The van der Waals surface area contributed by atoms with Crippen molar-refractivity contribution in [2.24, 2.45) is 0 Å². The number of nitrogens with one attached hydrogen (secondary N) is 1. The van der Waals surface area contributed by atoms with Crippen molar-refractivity contribution in [2.75, 3.05) is 6.54 Å². The van der Waals surface area contributed by atoms with Crippen LogP contribution in [0.1, 0.15) is 12.0 Å². The standard InChI is InChI=1S/C15H14ClNO3S/c16-13-3-1-2-11(4-7-13)12-5-8-14(9-6-12)21(20)17-10-15(18)19/h2-9,17H,1,10H2,(H,18,19). The average Bonchev–Trinajstić information content (AvgIpc) is 2.69. The molecule has 0 fully saturated rings. The molecule has 1 aliphatic carbocycles. The van der Waals surface area contributed by atoms with Gasteiger partial charge in [-0.15, -0.1) is 0 Å². The first-order valence-electron chi connectivity index (χ1n) is 6.27. The smallest absolute Gasteiger partial charge is 0.318 e. The fraction of sp³-hybridized carbons (Fsp3) is 0.133. The summed E-state index contributed by atoms with van der Waals surface area (Å²) >= 11 is 5.95. The number of carbonyl (C=O) groups is 1. The largest absolute Gasteiger partial charge is 0.480 e. The fourth-order valence-corrected chi connectivity index (χ4v) is 2.76. The molecule has 4 nitrogen and oxygen atoms in total. The van der Waals surface area contributed by atoms with E-state index < -0.39 is 17.0 Å². The summed E-state index contributed by atoms with van der Waals surface area (Å²) in [5, 5.41) is 9.25. The van der Waals surface area contributed by atoms with Crippen molar-refractivity contribution in [1.82, 2.24) is 4.72 Å². The van der Waals surface area contributed by atoms with E-state index in [-0.39, 0.29) is 6.54 Å². The quantitative estimate of drug-likeness (QED) is 0.875. The van der Waals surface area contributed by atoms with Crippen LogP contribution in [0.4, 0.5) is 0 Å². The van der Waals surface area contributed by atoms with E-state index in [4.69, 9.17) is 16.7 Å². The predicted molar refractivity (Wildman–Crippen MR) is 84.2 cm³/mol. The van der Waals surface area contributed by atoms with E-state index in [2.05, 4.69) is 10.8 Å². The first-order chi connectivity index (χ1) is 10.1. The second-order valence-corrected chi connectivity index (χ2v) is 6.06. The molecule has 1 aromatic rings. The summed E-state index contributed by atoms with van der Waals surface area (Å²) in [6.45, 7) is -0.341. The van der Waals surface area contributed by atoms with Crippen LogP contribution < -0.4 is 4.72 Å². The van der Waals surface area contributed by atoms with E-state index in [1.165, 1.54) is 0 Å². The summed E-state index contributed by atoms with van der Waals surface area (Å²) in [6.07, 6.45) is 8.50. The monoisotopic (exact) mass is 323 g/mol. The summed E-state index contributed by atoms with van der Waals surface area (Å²) in [7, 11) is -1.53. The Morgan fingerprint density at radius 3 is 2.62 bits per heavy atom. The molecule has 0 saturated carbocycles. The van der Waals surface area contributed by atoms with Crippen LogP contribution in [0.15, 0.2) is 58.5 Å². The molecule has 21 heavy (non-hydrogen) atoms. The molecule has 0 spiro atoms. The van der Waals surface area contributed by atoms with Gasteiger partial charge in [-0.2, -0.15) is 0 Å². The zero-order valence-corrected chi connectivity index (χ0v) is 12.7. The number of allylic oxidation sites excluding steroid dienone is 6. The second-order valence-electron chi connectivity index (χ2n) is 4.33. The second kappa shape index (κ2) is 7.36. The van der Waals surface area contributed by atoms with E-state index in [1.807, 2.05) is 30.4 Å². The van der Waals surface area contributed by atoms with Gasteiger partial charge in [0, 0.05) is 5.03 Å². The van der Waals surface area contributed by atoms with Gasteiger partial charge in [-0.05, 0) is 35.8 Å². The van der Waals surface area contributed by atoms with E-state index in [0.717, 1.165) is 17.6 Å². The molecule has 0 heterocycles. The molecular formula is C15H14ClNO3S. The Kier molecular flexibility index (Phi) is 5.50. The molecular weight excluding hydrogens is 310 g/mol. The Balaban J connectivity index is 2.09. The van der Waals surface area contributed by atoms with Gasteiger partial charge in [0.2, 0.25) is 0 Å². The van der Waals surface area contributed by atoms with Gasteiger partial charge in [-0.25, -0.2) is 8.93 Å². The van der Waals surface area contributed by atoms with E-state index in [9.17, 15) is 9.00 Å². The zero-order chi connectivity index (χ0) is 15.2. The maximum Gasteiger partial charge on any atom is 0.318 e. The molecule has 0 aliphatic heterocycles. The number of halogens is 1. The molecule has 0 radical (unpaired) electrons. The van der Waals surface area contributed by atoms with Crippen LogP contribution in [-0.2, 0) is 15.8 Å². The van der Waals surface area contributed by atoms with Crippen molar-refractivity contribution >= 4 is 34.1 Å². The van der Waals surface area contributed by atoms with Crippen LogP contribution in [0, 0.1) is 0 Å². The Hall–Kier alpha value is -1.69. The minimum Gasteiger partial charge on any atom is -0.480 e. The van der Waals surface area contributed by atoms with Crippen molar-refractivity contribution in [3.8, 4) is 0 Å². The Bertz CT molecular complexity index is 647. The molecule has 2 N–H and O–H groups in total. The van der Waals surface area contributed by atoms with Crippen molar-refractivity contribution in [3.63, 3.8) is 0 Å². The third-order valence-corrected chi connectivity index (χ3v) is 4.22. The maximum atomic E-state index is 11.8. The first kappa shape index (κ1) is 15.7. The molecule has 1 aromatic carbocycles. The highest BCUT2D eigenvalue weighted by Crippen LogP contribution is 2.22. The number of hydrogen-bond acceptors (Lipinski definition) is 2. The van der Waals surface area contributed by atoms with Gasteiger partial charge >= 0.3 is 5.97 Å². The number of rotatable bonds is 5. The number of aliphatic carboxylic acids is 1. The van der Waals surface area contributed by atoms with Gasteiger partial charge in [0.1, 0.15) is 17.5 Å². The van der Waals surface area contributed by atoms with Crippen LogP contribution in [0.3, 0.4) is 0 Å². The van der Waals surface area contributed by atoms with Crippen molar-refractivity contribution in [1.29, 1.82) is 0 Å². The van der Waals surface area contributed by atoms with Crippen LogP contribution in [0.2, 0.25) is 0 Å². The minimum atomic E-state index is -1.53. The molecule has 110 valence electrons. The third-order valence-electron chi connectivity index (χ3n) is 2.83. The van der Waals surface area contributed by atoms with Gasteiger partial charge in [0.05, 0.1) is 4.90 Å². The highest BCUT2D eigenvalue weighted by Gasteiger charge is 2.07. The number of benzene rings is 1. The van der Waals surface area contributed by atoms with Gasteiger partial charge < -0.3 is 5.11 Å². The lowest BCUT2D eigenvalue weighted by atomic mass is 10.1. The number of hydrogen-bond donors (Lipinski definition) is 2. The van der Waals surface area contributed by atoms with Crippen LogP contribution in [-0.4, -0.2) is 21.8 Å². The summed E-state index contributed by atoms with van der Waals surface area (Å²) in [4.78, 5) is 11.0. The molecule has 0 bridgehead atoms. The van der Waals surface area contributed by atoms with Gasteiger partial charge in [0.25, 0.3) is 0 Å². The lowest BCUT2D eigenvalue weighted by molar-refractivity contribution is -0.135. The molecule has 1 aliphatic rings. The van der Waals surface area contributed by atoms with Crippen molar-refractivity contribution in [2.45, 2.75) is 11.3 Å². The van der Waals surface area contributed by atoms with E-state index in [1.54, 1.807) is 12.1 Å². The van der Waals surface area contributed by atoms with Crippen LogP contribution >= 0.6 is 11.6 Å². The molecule has 0 saturated heterocycles. The number of carboxylic acids is 1. The minimum absolute atomic E-state index is 0.341. The normalized spacial score (nSPS) is 15.9. The third kappa shape index (κ3) is 4.67. The number of carboxylic acid groups (broad SMARTS) is 1. The Labute approximate surface area is 130 Å². The molecule has 6 heteroatoms. The topological polar surface area (TPSA) is 66.4 Å². The van der Waals surface area contributed by atoms with E-state index >= 15 is 0 Å². The molecule has 1 atom stereocenters. The SMILES string of the molecule is O=C(O)CNS(=O)c1ccc(C2=CCC=C(Cl)C=C2)cc1. The molecule has 0 amide bonds. The summed E-state index contributed by atoms with van der Waals surface area (Å²) in [5.41, 5.74) is 2.03. The van der Waals surface area contributed by atoms with Crippen molar-refractivity contribution in [3.05, 3.63) is 59.2 Å². The summed E-state index contributed by atoms with van der Waals surface area (Å²) in [6, 6.07) is 7.14. The molecule has 1 unspecified atom stereocenters. The lowest BCUT2D eigenvalue weighted by Crippen LogP contribution is -2.24. The van der Waals surface area contributed by atoms with Gasteiger partial charge in [-0.3, -0.25) is 4.79 Å². The lowest BCUT2D eigenvalue weighted by Gasteiger charge is -2.05. The highest BCUT2D eigenvalue weighted by molar-refractivity contribution is 7.83. The first-order valence-corrected chi connectivity index (χ1v) is 7.80. The Morgan fingerprint density at radius 1 is 1.24 bits per heavy atom. The zero-order valence-electron chi connectivity index (χ0n) is 11.1. The van der Waals surface area contributed by atoms with Gasteiger partial charge in [-0.1, -0.05) is 42.0 Å². The highest BCUT2D eigenvalue weighted by atomic mass is 35.5. The molecule has 2 rings (SSSR count). The van der Waals surface area contributed by atoms with Crippen molar-refractivity contribution < 1.29 is 14.1 Å². The van der Waals surface area contributed by atoms with Crippen LogP contribution in [0.25, 0.3) is 5.57 Å². The summed E-state index contributed by atoms with van der Waals surface area (Å²) in [5.74, 6) is -1.04. The fourth-order valence-electron chi connectivity index (χ4n) is 1.80. The van der Waals surface area contributed by atoms with Crippen LogP contribution in [0.5, 0.6) is 0 Å².